The second kappa shape index (κ2) is 13.2. The molecule has 5 fully saturated rings. The van der Waals surface area contributed by atoms with Gasteiger partial charge in [-0.05, 0) is 128 Å². The van der Waals surface area contributed by atoms with Gasteiger partial charge in [0.05, 0.1) is 31.0 Å². The van der Waals surface area contributed by atoms with Crippen molar-refractivity contribution in [3.63, 3.8) is 0 Å². The average Bonchev–Trinajstić information content (AvgIpc) is 3.46. The molecule has 1 N–H and O–H groups in total. The molecule has 8 nitrogen and oxygen atoms in total. The second-order valence-corrected chi connectivity index (χ2v) is 21.8. The molecule has 2 heterocycles. The topological polar surface area (TPSA) is 94.2 Å². The number of hydrogen-bond acceptors (Lipinski definition) is 8. The summed E-state index contributed by atoms with van der Waals surface area (Å²) in [7, 11) is -2.87. The number of carbonyl (C=O) groups is 1. The Balaban J connectivity index is 1.12. The third kappa shape index (κ3) is 5.91. The fourth-order valence-electron chi connectivity index (χ4n) is 14.0. The van der Waals surface area contributed by atoms with E-state index in [2.05, 4.69) is 64.4 Å². The molecule has 0 radical (unpaired) electrons. The van der Waals surface area contributed by atoms with Gasteiger partial charge in [-0.2, -0.15) is 0 Å². The first-order valence-corrected chi connectivity index (χ1v) is 22.4. The Labute approximate surface area is 314 Å². The number of esters is 1. The van der Waals surface area contributed by atoms with Crippen molar-refractivity contribution in [2.24, 2.45) is 51.2 Å². The molecular formula is C43H68N2O6S. The molecular weight excluding hydrogens is 673 g/mol. The first-order chi connectivity index (χ1) is 24.4. The third-order valence-corrected chi connectivity index (χ3v) is 18.5. The zero-order chi connectivity index (χ0) is 37.5. The summed E-state index contributed by atoms with van der Waals surface area (Å²) in [4.78, 5) is 14.9. The van der Waals surface area contributed by atoms with E-state index >= 15 is 0 Å². The highest BCUT2D eigenvalue weighted by Crippen LogP contribution is 2.76. The minimum Gasteiger partial charge on any atom is -0.461 e. The van der Waals surface area contributed by atoms with Gasteiger partial charge in [-0.25, -0.2) is 13.2 Å². The molecule has 9 heteroatoms. The lowest BCUT2D eigenvalue weighted by Gasteiger charge is -2.72. The zero-order valence-electron chi connectivity index (χ0n) is 33.6. The Morgan fingerprint density at radius 2 is 1.71 bits per heavy atom. The third-order valence-electron chi connectivity index (χ3n) is 16.9. The zero-order valence-corrected chi connectivity index (χ0v) is 34.4. The quantitative estimate of drug-likeness (QED) is 0.203. The van der Waals surface area contributed by atoms with Crippen molar-refractivity contribution in [3.05, 3.63) is 35.6 Å². The average molecular weight is 741 g/mol. The van der Waals surface area contributed by atoms with Crippen LogP contribution in [0.25, 0.3) is 0 Å². The lowest BCUT2D eigenvalue weighted by Crippen LogP contribution is -2.68. The number of allylic oxidation sites excluding steroid dienone is 2. The number of carbonyl (C=O) groups excluding carboxylic acids is 1. The van der Waals surface area contributed by atoms with Crippen LogP contribution in [0.2, 0.25) is 0 Å². The van der Waals surface area contributed by atoms with Crippen molar-refractivity contribution in [2.75, 3.05) is 50.9 Å². The van der Waals surface area contributed by atoms with Crippen LogP contribution in [0.3, 0.4) is 0 Å². The highest BCUT2D eigenvalue weighted by Gasteiger charge is 2.70. The molecule has 0 aromatic heterocycles. The first kappa shape index (κ1) is 38.6. The largest absolute Gasteiger partial charge is 0.461 e. The predicted octanol–water partition coefficient (Wildman–Crippen LogP) is 7.46. The molecule has 7 rings (SSSR count). The van der Waals surface area contributed by atoms with Gasteiger partial charge in [0.15, 0.2) is 9.84 Å². The molecule has 52 heavy (non-hydrogen) atoms. The van der Waals surface area contributed by atoms with E-state index < -0.39 is 21.6 Å². The van der Waals surface area contributed by atoms with Crippen molar-refractivity contribution >= 4 is 15.8 Å². The smallest absolute Gasteiger partial charge is 0.379 e. The number of hydrogen-bond donors (Lipinski definition) is 1. The van der Waals surface area contributed by atoms with Crippen LogP contribution in [0, 0.1) is 51.2 Å². The van der Waals surface area contributed by atoms with Gasteiger partial charge in [-0.1, -0.05) is 52.8 Å². The summed E-state index contributed by atoms with van der Waals surface area (Å²) in [5, 5.41) is 4.21. The number of nitrogens with zero attached hydrogens (tertiary/aromatic N) is 1. The number of sulfone groups is 1. The van der Waals surface area contributed by atoms with Crippen molar-refractivity contribution in [1.29, 1.82) is 0 Å². The van der Waals surface area contributed by atoms with E-state index in [9.17, 15) is 13.2 Å². The molecule has 0 bridgehead atoms. The lowest BCUT2D eigenvalue weighted by molar-refractivity contribution is -0.228. The summed E-state index contributed by atoms with van der Waals surface area (Å²) >= 11 is 0. The van der Waals surface area contributed by atoms with Crippen LogP contribution in [0.15, 0.2) is 35.6 Å². The molecule has 4 saturated carbocycles. The summed E-state index contributed by atoms with van der Waals surface area (Å²) in [6.07, 6.45) is 15.3. The van der Waals surface area contributed by atoms with E-state index in [0.717, 1.165) is 25.1 Å². The molecule has 0 aromatic rings. The van der Waals surface area contributed by atoms with Gasteiger partial charge in [0.2, 0.25) is 0 Å². The molecule has 292 valence electrons. The van der Waals surface area contributed by atoms with E-state index in [1.807, 2.05) is 0 Å². The summed E-state index contributed by atoms with van der Waals surface area (Å²) in [6, 6.07) is 0. The molecule has 0 amide bonds. The van der Waals surface area contributed by atoms with Crippen LogP contribution in [0.4, 0.5) is 0 Å². The van der Waals surface area contributed by atoms with E-state index in [4.69, 9.17) is 14.2 Å². The number of fused-ring (bicyclic) bond motifs is 7. The molecule has 7 aliphatic rings. The highest BCUT2D eigenvalue weighted by molar-refractivity contribution is 7.91. The van der Waals surface area contributed by atoms with Crippen molar-refractivity contribution < 1.29 is 27.4 Å². The van der Waals surface area contributed by atoms with E-state index in [-0.39, 0.29) is 27.2 Å². The number of ether oxygens (including phenoxy) is 3. The summed E-state index contributed by atoms with van der Waals surface area (Å²) in [5.41, 5.74) is 4.54. The predicted molar refractivity (Wildman–Crippen MR) is 206 cm³/mol. The minimum absolute atomic E-state index is 0.0526. The summed E-state index contributed by atoms with van der Waals surface area (Å²) in [5.74, 6) is 1.72. The van der Waals surface area contributed by atoms with Crippen LogP contribution in [-0.4, -0.2) is 81.5 Å². The van der Waals surface area contributed by atoms with Crippen molar-refractivity contribution in [1.82, 2.24) is 10.2 Å². The Kier molecular flexibility index (Phi) is 9.81. The fourth-order valence-corrected chi connectivity index (χ4v) is 15.3. The molecule has 1 saturated heterocycles. The Hall–Kier alpha value is -1.68. The fraction of sp³-hybridized carbons (Fsp3) is 0.837. The Morgan fingerprint density at radius 1 is 0.981 bits per heavy atom. The van der Waals surface area contributed by atoms with Gasteiger partial charge in [0.25, 0.3) is 0 Å². The SMILES string of the molecule is C=C(C)C1CCC2(NCCN3CCS(=O)(=O)CC3)CCC3(C)C(CCC4C5(C)CC=C(C6=COC(C)(C(=O)OCC)OC6)C(C)(C)C5CCC43C)C12. The van der Waals surface area contributed by atoms with Crippen LogP contribution >= 0.6 is 0 Å². The van der Waals surface area contributed by atoms with E-state index in [1.54, 1.807) is 20.1 Å². The molecule has 10 atom stereocenters. The van der Waals surface area contributed by atoms with Gasteiger partial charge >= 0.3 is 11.8 Å². The Bertz CT molecular complexity index is 1610. The van der Waals surface area contributed by atoms with Gasteiger partial charge in [-0.15, -0.1) is 0 Å². The highest BCUT2D eigenvalue weighted by atomic mass is 32.2. The molecule has 10 unspecified atom stereocenters. The van der Waals surface area contributed by atoms with Crippen LogP contribution in [-0.2, 0) is 28.8 Å². The van der Waals surface area contributed by atoms with E-state index in [0.29, 0.717) is 67.4 Å². The van der Waals surface area contributed by atoms with Crippen molar-refractivity contribution in [3.8, 4) is 0 Å². The van der Waals surface area contributed by atoms with Crippen LogP contribution < -0.4 is 5.32 Å². The van der Waals surface area contributed by atoms with Crippen LogP contribution in [0.1, 0.15) is 113 Å². The van der Waals surface area contributed by atoms with Gasteiger partial charge in [0.1, 0.15) is 0 Å². The summed E-state index contributed by atoms with van der Waals surface area (Å²) in [6.45, 7) is 27.1. The van der Waals surface area contributed by atoms with Crippen LogP contribution in [0.5, 0.6) is 0 Å². The maximum Gasteiger partial charge on any atom is 0.379 e. The van der Waals surface area contributed by atoms with Gasteiger partial charge < -0.3 is 24.4 Å². The Morgan fingerprint density at radius 3 is 2.37 bits per heavy atom. The second-order valence-electron chi connectivity index (χ2n) is 19.5. The molecule has 2 aliphatic heterocycles. The van der Waals surface area contributed by atoms with Gasteiger partial charge in [0, 0.05) is 44.2 Å². The maximum absolute atomic E-state index is 12.6. The van der Waals surface area contributed by atoms with Gasteiger partial charge in [-0.3, -0.25) is 0 Å². The number of nitrogens with one attached hydrogen (secondary N) is 1. The first-order valence-electron chi connectivity index (χ1n) is 20.6. The summed E-state index contributed by atoms with van der Waals surface area (Å²) < 4.78 is 41.3. The minimum atomic E-state index is -2.87. The molecule has 0 spiro atoms. The van der Waals surface area contributed by atoms with Crippen molar-refractivity contribution in [2.45, 2.75) is 125 Å². The monoisotopic (exact) mass is 740 g/mol. The normalized spacial score (nSPS) is 45.2. The molecule has 5 aliphatic carbocycles. The standard InChI is InChI=1S/C43H68N2O6S/c1-10-49-37(46)42(9)50-27-30(28-51-42)32-14-16-39(6)34(38(32,4)5)15-17-41(8)35(39)12-11-33-36-31(29(2)3)13-18-43(36,20-19-40(33,41)7)44-21-22-45-23-25-52(47,48)26-24-45/h14,27,31,33-36,44H,2,10-13,15-26,28H2,1,3-9H3. The maximum atomic E-state index is 12.6. The number of rotatable bonds is 8. The van der Waals surface area contributed by atoms with E-state index in [1.165, 1.54) is 62.5 Å². The molecule has 0 aromatic carbocycles. The lowest BCUT2D eigenvalue weighted by atomic mass is 9.33.